The summed E-state index contributed by atoms with van der Waals surface area (Å²) in [6.07, 6.45) is 3.38. The third kappa shape index (κ3) is 4.07. The molecule has 0 aliphatic carbocycles. The molecule has 5 nitrogen and oxygen atoms in total. The maximum Gasteiger partial charge on any atom is 0.338 e. The second-order valence-corrected chi connectivity index (χ2v) is 8.30. The van der Waals surface area contributed by atoms with Crippen LogP contribution in [0.15, 0.2) is 88.3 Å². The van der Waals surface area contributed by atoms with Gasteiger partial charge >= 0.3 is 5.97 Å². The normalized spacial score (nSPS) is 15.9. The first kappa shape index (κ1) is 20.8. The quantitative estimate of drug-likeness (QED) is 0.461. The van der Waals surface area contributed by atoms with Gasteiger partial charge in [0.1, 0.15) is 6.61 Å². The molecule has 1 aromatic heterocycles. The zero-order valence-electron chi connectivity index (χ0n) is 17.4. The number of nitrogens with zero attached hydrogens (tertiary/aromatic N) is 2. The lowest BCUT2D eigenvalue weighted by atomic mass is 9.96. The number of ether oxygens (including phenoxy) is 1. The number of thiazole rings is 1. The Kier molecular flexibility index (Phi) is 5.82. The summed E-state index contributed by atoms with van der Waals surface area (Å²) in [7, 11) is 0. The second kappa shape index (κ2) is 8.70. The minimum Gasteiger partial charge on any atom is -0.458 e. The topological polar surface area (TPSA) is 60.7 Å². The molecule has 0 fully saturated rings. The summed E-state index contributed by atoms with van der Waals surface area (Å²) in [6.45, 7) is 7.49. The average Bonchev–Trinajstić information content (AvgIpc) is 3.07. The lowest BCUT2D eigenvalue weighted by Gasteiger charge is -2.24. The molecular weight excluding hydrogens is 408 g/mol. The number of fused-ring (bicyclic) bond motifs is 1. The largest absolute Gasteiger partial charge is 0.458 e. The Balaban J connectivity index is 1.92. The summed E-state index contributed by atoms with van der Waals surface area (Å²) < 4.78 is 7.49. The van der Waals surface area contributed by atoms with Crippen LogP contribution in [0.4, 0.5) is 0 Å². The molecule has 4 rings (SSSR count). The molecule has 0 saturated carbocycles. The van der Waals surface area contributed by atoms with Crippen LogP contribution in [-0.4, -0.2) is 17.1 Å². The average molecular weight is 431 g/mol. The van der Waals surface area contributed by atoms with Crippen LogP contribution in [-0.2, 0) is 9.53 Å². The number of rotatable bonds is 5. The van der Waals surface area contributed by atoms with E-state index in [0.29, 0.717) is 20.6 Å². The van der Waals surface area contributed by atoms with E-state index in [0.717, 1.165) is 16.7 Å². The Labute approximate surface area is 184 Å². The van der Waals surface area contributed by atoms with Crippen molar-refractivity contribution < 1.29 is 9.53 Å². The molecule has 31 heavy (non-hydrogen) atoms. The molecule has 1 aliphatic heterocycles. The number of benzene rings is 2. The van der Waals surface area contributed by atoms with Crippen LogP contribution in [0.2, 0.25) is 0 Å². The third-order valence-electron chi connectivity index (χ3n) is 5.06. The fourth-order valence-electron chi connectivity index (χ4n) is 3.56. The first-order valence-electron chi connectivity index (χ1n) is 9.92. The molecule has 0 unspecified atom stereocenters. The van der Waals surface area contributed by atoms with Crippen LogP contribution in [0.3, 0.4) is 0 Å². The maximum atomic E-state index is 13.4. The summed E-state index contributed by atoms with van der Waals surface area (Å²) in [5.41, 5.74) is 3.65. The van der Waals surface area contributed by atoms with E-state index in [9.17, 15) is 9.59 Å². The number of carbonyl (C=O) groups is 1. The predicted molar refractivity (Wildman–Crippen MR) is 123 cm³/mol. The highest BCUT2D eigenvalue weighted by Gasteiger charge is 2.33. The smallest absolute Gasteiger partial charge is 0.338 e. The lowest BCUT2D eigenvalue weighted by molar-refractivity contribution is -0.138. The Morgan fingerprint density at radius 3 is 2.55 bits per heavy atom. The molecule has 2 heterocycles. The van der Waals surface area contributed by atoms with E-state index in [1.807, 2.05) is 67.6 Å². The van der Waals surface area contributed by atoms with E-state index in [1.54, 1.807) is 11.5 Å². The standard InChI is InChI=1S/C25H22N2O3S/c1-4-14-30-24(29)21-17(3)26-25-27(22(21)19-8-6-5-7-9-19)23(28)20(31-25)15-18-12-10-16(2)11-13-18/h4-13,15,22H,1,14H2,2-3H3/b20-15+/t22-/m0/s1. The van der Waals surface area contributed by atoms with Crippen LogP contribution in [0.1, 0.15) is 29.7 Å². The Morgan fingerprint density at radius 1 is 1.16 bits per heavy atom. The Morgan fingerprint density at radius 2 is 1.87 bits per heavy atom. The predicted octanol–water partition coefficient (Wildman–Crippen LogP) is 3.27. The van der Waals surface area contributed by atoms with Crippen molar-refractivity contribution in [3.63, 3.8) is 0 Å². The molecule has 156 valence electrons. The molecule has 3 aromatic rings. The van der Waals surface area contributed by atoms with Gasteiger partial charge in [-0.15, -0.1) is 0 Å². The molecule has 1 aliphatic rings. The first-order chi connectivity index (χ1) is 15.0. The van der Waals surface area contributed by atoms with E-state index in [1.165, 1.54) is 17.4 Å². The molecule has 0 bridgehead atoms. The molecule has 0 saturated heterocycles. The highest BCUT2D eigenvalue weighted by atomic mass is 32.1. The van der Waals surface area contributed by atoms with Gasteiger partial charge in [-0.1, -0.05) is 84.2 Å². The summed E-state index contributed by atoms with van der Waals surface area (Å²) in [6, 6.07) is 16.9. The molecule has 0 radical (unpaired) electrons. The van der Waals surface area contributed by atoms with Crippen molar-refractivity contribution in [2.45, 2.75) is 19.9 Å². The fourth-order valence-corrected chi connectivity index (χ4v) is 4.61. The van der Waals surface area contributed by atoms with Crippen molar-refractivity contribution in [3.05, 3.63) is 115 Å². The number of hydrogen-bond donors (Lipinski definition) is 0. The molecular formula is C25H22N2O3S. The summed E-state index contributed by atoms with van der Waals surface area (Å²) in [4.78, 5) is 31.5. The highest BCUT2D eigenvalue weighted by Crippen LogP contribution is 2.30. The van der Waals surface area contributed by atoms with Crippen LogP contribution in [0.25, 0.3) is 6.08 Å². The van der Waals surface area contributed by atoms with Crippen molar-refractivity contribution in [3.8, 4) is 0 Å². The van der Waals surface area contributed by atoms with E-state index < -0.39 is 12.0 Å². The van der Waals surface area contributed by atoms with E-state index >= 15 is 0 Å². The van der Waals surface area contributed by atoms with Gasteiger partial charge in [0, 0.05) is 0 Å². The van der Waals surface area contributed by atoms with Gasteiger partial charge in [-0.3, -0.25) is 9.36 Å². The van der Waals surface area contributed by atoms with Gasteiger partial charge in [0.15, 0.2) is 4.80 Å². The van der Waals surface area contributed by atoms with E-state index in [2.05, 4.69) is 11.6 Å². The minimum atomic E-state index is -0.602. The zero-order chi connectivity index (χ0) is 22.0. The summed E-state index contributed by atoms with van der Waals surface area (Å²) in [5, 5.41) is 0. The molecule has 6 heteroatoms. The van der Waals surface area contributed by atoms with Gasteiger partial charge < -0.3 is 4.74 Å². The van der Waals surface area contributed by atoms with Crippen LogP contribution in [0, 0.1) is 6.92 Å². The summed E-state index contributed by atoms with van der Waals surface area (Å²) in [5.74, 6) is -0.497. The van der Waals surface area contributed by atoms with Crippen molar-refractivity contribution in [1.82, 2.24) is 4.57 Å². The Hall–Kier alpha value is -3.51. The number of hydrogen-bond acceptors (Lipinski definition) is 5. The molecule has 1 atom stereocenters. The van der Waals surface area contributed by atoms with Gasteiger partial charge in [0.25, 0.3) is 5.56 Å². The van der Waals surface area contributed by atoms with Crippen LogP contribution in [0.5, 0.6) is 0 Å². The lowest BCUT2D eigenvalue weighted by Crippen LogP contribution is -2.39. The minimum absolute atomic E-state index is 0.0922. The van der Waals surface area contributed by atoms with Crippen molar-refractivity contribution >= 4 is 23.4 Å². The third-order valence-corrected chi connectivity index (χ3v) is 6.05. The number of carbonyl (C=O) groups excluding carboxylic acids is 1. The van der Waals surface area contributed by atoms with E-state index in [-0.39, 0.29) is 12.2 Å². The maximum absolute atomic E-state index is 13.4. The van der Waals surface area contributed by atoms with Crippen LogP contribution >= 0.6 is 11.3 Å². The van der Waals surface area contributed by atoms with Gasteiger partial charge in [0.2, 0.25) is 0 Å². The molecule has 0 spiro atoms. The van der Waals surface area contributed by atoms with Crippen molar-refractivity contribution in [2.24, 2.45) is 4.99 Å². The number of aryl methyl sites for hydroxylation is 1. The number of aromatic nitrogens is 1. The van der Waals surface area contributed by atoms with E-state index in [4.69, 9.17) is 4.74 Å². The highest BCUT2D eigenvalue weighted by molar-refractivity contribution is 7.07. The van der Waals surface area contributed by atoms with Gasteiger partial charge in [-0.2, -0.15) is 0 Å². The fraction of sp³-hybridized carbons (Fsp3) is 0.160. The number of esters is 1. The van der Waals surface area contributed by atoms with Crippen molar-refractivity contribution in [2.75, 3.05) is 6.61 Å². The first-order valence-corrected chi connectivity index (χ1v) is 10.7. The second-order valence-electron chi connectivity index (χ2n) is 7.29. The SMILES string of the molecule is C=CCOC(=O)C1=C(C)N=c2s/c(=C/c3ccc(C)cc3)c(=O)n2[C@H]1c1ccccc1. The summed E-state index contributed by atoms with van der Waals surface area (Å²) >= 11 is 1.32. The molecule has 0 N–H and O–H groups in total. The zero-order valence-corrected chi connectivity index (χ0v) is 18.2. The van der Waals surface area contributed by atoms with Crippen molar-refractivity contribution in [1.29, 1.82) is 0 Å². The number of allylic oxidation sites excluding steroid dienone is 1. The van der Waals surface area contributed by atoms with Gasteiger partial charge in [0.05, 0.1) is 21.8 Å². The van der Waals surface area contributed by atoms with Gasteiger partial charge in [-0.25, -0.2) is 9.79 Å². The molecule has 2 aromatic carbocycles. The molecule has 0 amide bonds. The monoisotopic (exact) mass is 430 g/mol. The van der Waals surface area contributed by atoms with Gasteiger partial charge in [-0.05, 0) is 31.1 Å². The van der Waals surface area contributed by atoms with Crippen LogP contribution < -0.4 is 14.9 Å². The Bertz CT molecular complexity index is 1350.